The summed E-state index contributed by atoms with van der Waals surface area (Å²) in [4.78, 5) is 2.18. The highest BCUT2D eigenvalue weighted by Gasteiger charge is 2.20. The van der Waals surface area contributed by atoms with E-state index in [4.69, 9.17) is 9.47 Å². The molecule has 0 heterocycles. The molecule has 0 saturated heterocycles. The smallest absolute Gasteiger partial charge is 0.167 e. The van der Waals surface area contributed by atoms with Crippen LogP contribution in [0.2, 0.25) is 0 Å². The fraction of sp³-hybridized carbons (Fsp3) is 0.625. The largest absolute Gasteiger partial charge is 0.493 e. The summed E-state index contributed by atoms with van der Waals surface area (Å²) in [6.07, 6.45) is -0.551. The van der Waals surface area contributed by atoms with Gasteiger partial charge in [-0.1, -0.05) is 26.0 Å². The van der Waals surface area contributed by atoms with Gasteiger partial charge in [-0.15, -0.1) is 0 Å². The predicted molar refractivity (Wildman–Crippen MR) is 81.5 cm³/mol. The second kappa shape index (κ2) is 8.12. The first kappa shape index (κ1) is 16.8. The molecule has 0 aliphatic rings. The zero-order valence-electron chi connectivity index (χ0n) is 13.2. The van der Waals surface area contributed by atoms with Crippen molar-refractivity contribution in [3.05, 3.63) is 23.8 Å². The molecule has 1 aromatic carbocycles. The van der Waals surface area contributed by atoms with Crippen LogP contribution in [0.1, 0.15) is 39.4 Å². The molecule has 0 aromatic heterocycles. The number of nitrogens with zero attached hydrogens (tertiary/aromatic N) is 1. The minimum Gasteiger partial charge on any atom is -0.493 e. The number of methoxy groups -OCH3 is 1. The van der Waals surface area contributed by atoms with Crippen LogP contribution in [-0.4, -0.2) is 42.9 Å². The number of para-hydroxylation sites is 1. The Hall–Kier alpha value is -1.26. The van der Waals surface area contributed by atoms with E-state index in [1.54, 1.807) is 7.11 Å². The zero-order chi connectivity index (χ0) is 15.1. The number of benzene rings is 1. The van der Waals surface area contributed by atoms with Gasteiger partial charge in [-0.3, -0.25) is 0 Å². The molecule has 4 nitrogen and oxygen atoms in total. The number of aliphatic hydroxyl groups excluding tert-OH is 1. The molecule has 0 aliphatic carbocycles. The van der Waals surface area contributed by atoms with Crippen molar-refractivity contribution in [3.8, 4) is 11.5 Å². The molecule has 20 heavy (non-hydrogen) atoms. The second-order valence-corrected chi connectivity index (χ2v) is 5.05. The van der Waals surface area contributed by atoms with Gasteiger partial charge in [0, 0.05) is 12.1 Å². The van der Waals surface area contributed by atoms with Gasteiger partial charge in [0.1, 0.15) is 0 Å². The van der Waals surface area contributed by atoms with Crippen LogP contribution in [0.4, 0.5) is 0 Å². The van der Waals surface area contributed by atoms with Gasteiger partial charge in [-0.2, -0.15) is 0 Å². The molecule has 0 saturated carbocycles. The maximum absolute atomic E-state index is 10.5. The van der Waals surface area contributed by atoms with Gasteiger partial charge in [0.2, 0.25) is 0 Å². The number of hydrogen-bond acceptors (Lipinski definition) is 4. The standard InChI is InChI=1S/C16H27NO3/c1-6-17(7-2)11-14(18)13-9-8-10-15(19-5)16(13)20-12(3)4/h8-10,12,14,18H,6-7,11H2,1-5H3. The Kier molecular flexibility index (Phi) is 6.82. The van der Waals surface area contributed by atoms with Crippen molar-refractivity contribution in [1.82, 2.24) is 4.90 Å². The van der Waals surface area contributed by atoms with Gasteiger partial charge in [-0.05, 0) is 33.0 Å². The molecule has 0 amide bonds. The van der Waals surface area contributed by atoms with Gasteiger partial charge >= 0.3 is 0 Å². The maximum atomic E-state index is 10.5. The fourth-order valence-corrected chi connectivity index (χ4v) is 2.14. The molecule has 0 spiro atoms. The van der Waals surface area contributed by atoms with Crippen molar-refractivity contribution in [2.24, 2.45) is 0 Å². The van der Waals surface area contributed by atoms with Gasteiger partial charge in [0.15, 0.2) is 11.5 Å². The molecule has 0 aliphatic heterocycles. The van der Waals surface area contributed by atoms with Crippen molar-refractivity contribution >= 4 is 0 Å². The third kappa shape index (κ3) is 4.39. The average molecular weight is 281 g/mol. The van der Waals surface area contributed by atoms with Crippen LogP contribution in [0.25, 0.3) is 0 Å². The van der Waals surface area contributed by atoms with Gasteiger partial charge in [0.25, 0.3) is 0 Å². The van der Waals surface area contributed by atoms with E-state index in [0.29, 0.717) is 18.0 Å². The SMILES string of the molecule is CCN(CC)CC(O)c1cccc(OC)c1OC(C)C. The van der Waals surface area contributed by atoms with E-state index in [-0.39, 0.29) is 6.10 Å². The summed E-state index contributed by atoms with van der Waals surface area (Å²) >= 11 is 0. The summed E-state index contributed by atoms with van der Waals surface area (Å²) in [6.45, 7) is 10.5. The zero-order valence-corrected chi connectivity index (χ0v) is 13.2. The number of aliphatic hydroxyl groups is 1. The third-order valence-corrected chi connectivity index (χ3v) is 3.27. The fourth-order valence-electron chi connectivity index (χ4n) is 2.14. The first-order valence-electron chi connectivity index (χ1n) is 7.27. The normalized spacial score (nSPS) is 12.8. The van der Waals surface area contributed by atoms with Gasteiger partial charge in [0.05, 0.1) is 19.3 Å². The Morgan fingerprint density at radius 2 is 1.85 bits per heavy atom. The van der Waals surface area contributed by atoms with Crippen LogP contribution in [-0.2, 0) is 0 Å². The molecule has 0 bridgehead atoms. The Labute approximate surface area is 122 Å². The number of hydrogen-bond donors (Lipinski definition) is 1. The third-order valence-electron chi connectivity index (χ3n) is 3.27. The van der Waals surface area contributed by atoms with E-state index in [9.17, 15) is 5.11 Å². The number of rotatable bonds is 8. The van der Waals surface area contributed by atoms with Crippen LogP contribution in [0.3, 0.4) is 0 Å². The Bertz CT molecular complexity index is 403. The van der Waals surface area contributed by atoms with E-state index in [0.717, 1.165) is 18.7 Å². The van der Waals surface area contributed by atoms with Crippen molar-refractivity contribution in [2.75, 3.05) is 26.7 Å². The van der Waals surface area contributed by atoms with E-state index in [1.807, 2.05) is 32.0 Å². The quantitative estimate of drug-likeness (QED) is 0.795. The first-order valence-corrected chi connectivity index (χ1v) is 7.27. The van der Waals surface area contributed by atoms with Crippen LogP contribution in [0, 0.1) is 0 Å². The number of ether oxygens (including phenoxy) is 2. The van der Waals surface area contributed by atoms with Crippen LogP contribution >= 0.6 is 0 Å². The summed E-state index contributed by atoms with van der Waals surface area (Å²) < 4.78 is 11.2. The highest BCUT2D eigenvalue weighted by molar-refractivity contribution is 5.47. The lowest BCUT2D eigenvalue weighted by Crippen LogP contribution is -2.28. The molecule has 1 N–H and O–H groups in total. The summed E-state index contributed by atoms with van der Waals surface area (Å²) in [5, 5.41) is 10.5. The monoisotopic (exact) mass is 281 g/mol. The minimum absolute atomic E-state index is 0.0331. The molecular formula is C16H27NO3. The Morgan fingerprint density at radius 3 is 2.35 bits per heavy atom. The van der Waals surface area contributed by atoms with Crippen LogP contribution < -0.4 is 9.47 Å². The lowest BCUT2D eigenvalue weighted by atomic mass is 10.1. The summed E-state index contributed by atoms with van der Waals surface area (Å²) in [5.41, 5.74) is 0.782. The van der Waals surface area contributed by atoms with Crippen molar-refractivity contribution in [3.63, 3.8) is 0 Å². The second-order valence-electron chi connectivity index (χ2n) is 5.05. The van der Waals surface area contributed by atoms with Crippen molar-refractivity contribution < 1.29 is 14.6 Å². The lowest BCUT2D eigenvalue weighted by molar-refractivity contribution is 0.113. The lowest BCUT2D eigenvalue weighted by Gasteiger charge is -2.25. The van der Waals surface area contributed by atoms with Crippen molar-refractivity contribution in [2.45, 2.75) is 39.9 Å². The van der Waals surface area contributed by atoms with E-state index >= 15 is 0 Å². The molecular weight excluding hydrogens is 254 g/mol. The first-order chi connectivity index (χ1) is 9.53. The minimum atomic E-state index is -0.584. The highest BCUT2D eigenvalue weighted by Crippen LogP contribution is 2.35. The Balaban J connectivity index is 3.02. The Morgan fingerprint density at radius 1 is 1.20 bits per heavy atom. The highest BCUT2D eigenvalue weighted by atomic mass is 16.5. The van der Waals surface area contributed by atoms with Gasteiger partial charge < -0.3 is 19.5 Å². The predicted octanol–water partition coefficient (Wildman–Crippen LogP) is 2.86. The summed E-state index contributed by atoms with van der Waals surface area (Å²) in [7, 11) is 1.61. The summed E-state index contributed by atoms with van der Waals surface area (Å²) in [6, 6.07) is 5.63. The van der Waals surface area contributed by atoms with Crippen LogP contribution in [0.5, 0.6) is 11.5 Å². The molecule has 4 heteroatoms. The molecule has 0 radical (unpaired) electrons. The molecule has 1 atom stereocenters. The molecule has 1 aromatic rings. The van der Waals surface area contributed by atoms with Crippen LogP contribution in [0.15, 0.2) is 18.2 Å². The topological polar surface area (TPSA) is 41.9 Å². The maximum Gasteiger partial charge on any atom is 0.167 e. The van der Waals surface area contributed by atoms with Crippen molar-refractivity contribution in [1.29, 1.82) is 0 Å². The van der Waals surface area contributed by atoms with Gasteiger partial charge in [-0.25, -0.2) is 0 Å². The number of likely N-dealkylation sites (N-methyl/N-ethyl adjacent to an activating group) is 1. The molecule has 114 valence electrons. The summed E-state index contributed by atoms with van der Waals surface area (Å²) in [5.74, 6) is 1.31. The van der Waals surface area contributed by atoms with E-state index < -0.39 is 6.10 Å². The molecule has 0 fully saturated rings. The molecule has 1 unspecified atom stereocenters. The van der Waals surface area contributed by atoms with E-state index in [1.165, 1.54) is 0 Å². The van der Waals surface area contributed by atoms with E-state index in [2.05, 4.69) is 18.7 Å². The average Bonchev–Trinajstić information content (AvgIpc) is 2.44. The molecule has 1 rings (SSSR count).